The molecule has 0 saturated heterocycles. The largest absolute Gasteiger partial charge is 0.486 e. The molecule has 0 fully saturated rings. The Kier molecular flexibility index (Phi) is 4.79. The third-order valence-electron chi connectivity index (χ3n) is 3.80. The van der Waals surface area contributed by atoms with Crippen LogP contribution in [0, 0.1) is 0 Å². The van der Waals surface area contributed by atoms with Gasteiger partial charge < -0.3 is 9.47 Å². The fraction of sp³-hybridized carbons (Fsp3) is 0.412. The maximum absolute atomic E-state index is 5.70. The average Bonchev–Trinajstić information content (AvgIpc) is 3.29. The Hall–Kier alpha value is -2.55. The number of aromatic nitrogens is 6. The van der Waals surface area contributed by atoms with Crippen LogP contribution in [-0.4, -0.2) is 48.0 Å². The van der Waals surface area contributed by atoms with Gasteiger partial charge in [-0.25, -0.2) is 19.3 Å². The third kappa shape index (κ3) is 3.67. The SMILES string of the molecule is CC(C)SCc1nc(Cn2cncn2)nn1-c1ccc2c(c1)OCCO2. The molecule has 4 rings (SSSR count). The van der Waals surface area contributed by atoms with Crippen molar-refractivity contribution < 1.29 is 9.47 Å². The molecular formula is C17H20N6O2S. The maximum Gasteiger partial charge on any atom is 0.172 e. The summed E-state index contributed by atoms with van der Waals surface area (Å²) in [7, 11) is 0. The zero-order valence-electron chi connectivity index (χ0n) is 14.7. The van der Waals surface area contributed by atoms with Crippen molar-refractivity contribution in [2.24, 2.45) is 0 Å². The van der Waals surface area contributed by atoms with Gasteiger partial charge in [-0.2, -0.15) is 16.9 Å². The molecule has 2 aromatic heterocycles. The molecule has 0 N–H and O–H groups in total. The fourth-order valence-corrected chi connectivity index (χ4v) is 3.29. The van der Waals surface area contributed by atoms with E-state index in [-0.39, 0.29) is 0 Å². The number of fused-ring (bicyclic) bond motifs is 1. The molecule has 0 spiro atoms. The molecule has 0 amide bonds. The van der Waals surface area contributed by atoms with Gasteiger partial charge in [0.1, 0.15) is 38.2 Å². The predicted molar refractivity (Wildman–Crippen MR) is 97.9 cm³/mol. The Balaban J connectivity index is 1.67. The number of ether oxygens (including phenoxy) is 2. The number of benzene rings is 1. The number of thioether (sulfide) groups is 1. The zero-order valence-corrected chi connectivity index (χ0v) is 15.5. The standard InChI is InChI=1S/C17H20N6O2S/c1-12(2)26-9-17-20-16(8-22-11-18-10-19-22)21-23(17)13-3-4-14-15(7-13)25-6-5-24-14/h3-4,7,10-12H,5-6,8-9H2,1-2H3. The lowest BCUT2D eigenvalue weighted by Gasteiger charge is -2.19. The highest BCUT2D eigenvalue weighted by atomic mass is 32.2. The highest BCUT2D eigenvalue weighted by Crippen LogP contribution is 2.32. The average molecular weight is 372 g/mol. The molecule has 0 radical (unpaired) electrons. The molecule has 0 atom stereocenters. The van der Waals surface area contributed by atoms with Crippen molar-refractivity contribution in [3.8, 4) is 17.2 Å². The summed E-state index contributed by atoms with van der Waals surface area (Å²) >= 11 is 1.83. The summed E-state index contributed by atoms with van der Waals surface area (Å²) in [5.41, 5.74) is 0.908. The van der Waals surface area contributed by atoms with E-state index in [1.165, 1.54) is 6.33 Å². The highest BCUT2D eigenvalue weighted by Gasteiger charge is 2.17. The summed E-state index contributed by atoms with van der Waals surface area (Å²) in [6.45, 7) is 5.96. The molecule has 0 bridgehead atoms. The van der Waals surface area contributed by atoms with Gasteiger partial charge in [0.15, 0.2) is 17.3 Å². The summed E-state index contributed by atoms with van der Waals surface area (Å²) in [6.07, 6.45) is 3.17. The minimum absolute atomic E-state index is 0.483. The number of hydrogen-bond donors (Lipinski definition) is 0. The zero-order chi connectivity index (χ0) is 17.9. The normalized spacial score (nSPS) is 13.3. The highest BCUT2D eigenvalue weighted by molar-refractivity contribution is 7.99. The van der Waals surface area contributed by atoms with Gasteiger partial charge in [-0.15, -0.1) is 5.10 Å². The lowest BCUT2D eigenvalue weighted by atomic mass is 10.2. The van der Waals surface area contributed by atoms with Crippen LogP contribution in [0.25, 0.3) is 5.69 Å². The van der Waals surface area contributed by atoms with Gasteiger partial charge in [-0.05, 0) is 17.4 Å². The van der Waals surface area contributed by atoms with Gasteiger partial charge in [-0.3, -0.25) is 0 Å². The van der Waals surface area contributed by atoms with Gasteiger partial charge in [0.2, 0.25) is 0 Å². The van der Waals surface area contributed by atoms with E-state index in [9.17, 15) is 0 Å². The van der Waals surface area contributed by atoms with Crippen LogP contribution in [0.2, 0.25) is 0 Å². The summed E-state index contributed by atoms with van der Waals surface area (Å²) in [5.74, 6) is 3.88. The van der Waals surface area contributed by atoms with Crippen LogP contribution < -0.4 is 9.47 Å². The molecule has 3 heterocycles. The topological polar surface area (TPSA) is 79.9 Å². The number of nitrogens with zero attached hydrogens (tertiary/aromatic N) is 6. The minimum Gasteiger partial charge on any atom is -0.486 e. The molecule has 1 aliphatic heterocycles. The van der Waals surface area contributed by atoms with E-state index in [2.05, 4.69) is 29.0 Å². The molecule has 136 valence electrons. The Morgan fingerprint density at radius 1 is 1.19 bits per heavy atom. The molecule has 8 nitrogen and oxygen atoms in total. The van der Waals surface area contributed by atoms with E-state index in [1.54, 1.807) is 11.0 Å². The lowest BCUT2D eigenvalue weighted by molar-refractivity contribution is 0.171. The third-order valence-corrected chi connectivity index (χ3v) is 4.90. The Bertz CT molecular complexity index is 878. The Morgan fingerprint density at radius 3 is 2.81 bits per heavy atom. The number of rotatable bonds is 6. The molecule has 1 aliphatic rings. The summed E-state index contributed by atoms with van der Waals surface area (Å²) < 4.78 is 14.9. The molecule has 3 aromatic rings. The quantitative estimate of drug-likeness (QED) is 0.657. The van der Waals surface area contributed by atoms with Crippen LogP contribution in [0.1, 0.15) is 25.5 Å². The first-order valence-corrected chi connectivity index (χ1v) is 9.53. The van der Waals surface area contributed by atoms with E-state index in [0.717, 1.165) is 28.8 Å². The molecule has 1 aromatic carbocycles. The van der Waals surface area contributed by atoms with Gasteiger partial charge >= 0.3 is 0 Å². The Labute approximate surface area is 155 Å². The van der Waals surface area contributed by atoms with Crippen molar-refractivity contribution in [2.75, 3.05) is 13.2 Å². The first-order valence-electron chi connectivity index (χ1n) is 8.48. The van der Waals surface area contributed by atoms with Crippen molar-refractivity contribution in [1.29, 1.82) is 0 Å². The van der Waals surface area contributed by atoms with E-state index in [1.807, 2.05) is 34.6 Å². The molecule has 0 aliphatic carbocycles. The van der Waals surface area contributed by atoms with Crippen LogP contribution in [0.4, 0.5) is 0 Å². The minimum atomic E-state index is 0.483. The molecule has 26 heavy (non-hydrogen) atoms. The summed E-state index contributed by atoms with van der Waals surface area (Å²) in [5, 5.41) is 9.33. The second-order valence-corrected chi connectivity index (χ2v) is 7.70. The van der Waals surface area contributed by atoms with Crippen molar-refractivity contribution in [3.63, 3.8) is 0 Å². The van der Waals surface area contributed by atoms with Gasteiger partial charge in [0.05, 0.1) is 11.4 Å². The van der Waals surface area contributed by atoms with Gasteiger partial charge in [0, 0.05) is 6.07 Å². The molecule has 9 heteroatoms. The first kappa shape index (κ1) is 16.9. The maximum atomic E-state index is 5.70. The predicted octanol–water partition coefficient (Wildman–Crippen LogP) is 2.32. The van der Waals surface area contributed by atoms with Gasteiger partial charge in [0.25, 0.3) is 0 Å². The van der Waals surface area contributed by atoms with Crippen molar-refractivity contribution in [1.82, 2.24) is 29.5 Å². The summed E-state index contributed by atoms with van der Waals surface area (Å²) in [6, 6.07) is 5.85. The molecular weight excluding hydrogens is 352 g/mol. The van der Waals surface area contributed by atoms with Crippen LogP contribution in [-0.2, 0) is 12.3 Å². The fourth-order valence-electron chi connectivity index (χ4n) is 2.62. The van der Waals surface area contributed by atoms with Crippen molar-refractivity contribution in [3.05, 3.63) is 42.5 Å². The summed E-state index contributed by atoms with van der Waals surface area (Å²) in [4.78, 5) is 8.68. The molecule has 0 unspecified atom stereocenters. The monoisotopic (exact) mass is 372 g/mol. The van der Waals surface area contributed by atoms with Crippen molar-refractivity contribution >= 4 is 11.8 Å². The second kappa shape index (κ2) is 7.36. The van der Waals surface area contributed by atoms with Crippen LogP contribution in [0.3, 0.4) is 0 Å². The molecule has 0 saturated carbocycles. The Morgan fingerprint density at radius 2 is 2.04 bits per heavy atom. The van der Waals surface area contributed by atoms with Crippen LogP contribution >= 0.6 is 11.8 Å². The van der Waals surface area contributed by atoms with E-state index >= 15 is 0 Å². The van der Waals surface area contributed by atoms with Crippen LogP contribution in [0.15, 0.2) is 30.9 Å². The van der Waals surface area contributed by atoms with E-state index < -0.39 is 0 Å². The van der Waals surface area contributed by atoms with Crippen molar-refractivity contribution in [2.45, 2.75) is 31.4 Å². The smallest absolute Gasteiger partial charge is 0.172 e. The van der Waals surface area contributed by atoms with Gasteiger partial charge in [-0.1, -0.05) is 13.8 Å². The van der Waals surface area contributed by atoms with E-state index in [4.69, 9.17) is 14.5 Å². The lowest BCUT2D eigenvalue weighted by Crippen LogP contribution is -2.15. The number of hydrogen-bond acceptors (Lipinski definition) is 7. The van der Waals surface area contributed by atoms with Crippen LogP contribution in [0.5, 0.6) is 11.5 Å². The van der Waals surface area contributed by atoms with E-state index in [0.29, 0.717) is 30.8 Å². The first-order chi connectivity index (χ1) is 12.7. The second-order valence-electron chi connectivity index (χ2n) is 6.14.